The van der Waals surface area contributed by atoms with Gasteiger partial charge in [-0.15, -0.1) is 0 Å². The van der Waals surface area contributed by atoms with E-state index in [0.717, 1.165) is 28.5 Å². The number of aliphatic hydroxyl groups is 1. The lowest BCUT2D eigenvalue weighted by Gasteiger charge is -2.52. The van der Waals surface area contributed by atoms with Crippen molar-refractivity contribution in [2.75, 3.05) is 0 Å². The third-order valence-corrected chi connectivity index (χ3v) is 6.57. The molecule has 2 heterocycles. The van der Waals surface area contributed by atoms with Gasteiger partial charge in [-0.25, -0.2) is 0 Å². The Balaban J connectivity index is 1.79. The third-order valence-electron chi connectivity index (χ3n) is 6.57. The minimum Gasteiger partial charge on any atom is -0.386 e. The lowest BCUT2D eigenvalue weighted by Crippen LogP contribution is -2.62. The number of aliphatic hydroxyl groups excluding tert-OH is 1. The molecular weight excluding hydrogens is 382 g/mol. The van der Waals surface area contributed by atoms with Crippen LogP contribution in [0.25, 0.3) is 10.9 Å². The van der Waals surface area contributed by atoms with Gasteiger partial charge in [-0.3, -0.25) is 9.59 Å². The van der Waals surface area contributed by atoms with Crippen LogP contribution in [0.3, 0.4) is 0 Å². The predicted molar refractivity (Wildman–Crippen MR) is 113 cm³/mol. The van der Waals surface area contributed by atoms with Crippen molar-refractivity contribution >= 4 is 22.7 Å². The Morgan fingerprint density at radius 3 is 2.80 bits per heavy atom. The Morgan fingerprint density at radius 1 is 1.37 bits per heavy atom. The maximum atomic E-state index is 12.0. The van der Waals surface area contributed by atoms with Crippen molar-refractivity contribution in [3.63, 3.8) is 0 Å². The smallest absolute Gasteiger partial charge is 0.237 e. The van der Waals surface area contributed by atoms with Gasteiger partial charge in [-0.05, 0) is 31.9 Å². The number of ether oxygens (including phenoxy) is 1. The molecule has 4 N–H and O–H groups in total. The summed E-state index contributed by atoms with van der Waals surface area (Å²) in [5.41, 5.74) is 7.63. The normalized spacial score (nSPS) is 31.1. The fourth-order valence-corrected chi connectivity index (χ4v) is 5.17. The lowest BCUT2D eigenvalue weighted by molar-refractivity contribution is -0.165. The van der Waals surface area contributed by atoms with Crippen LogP contribution in [0.4, 0.5) is 0 Å². The number of hydrogen-bond acceptors (Lipinski definition) is 4. The van der Waals surface area contributed by atoms with Crippen LogP contribution in [0.2, 0.25) is 0 Å². The number of carbonyl (C=O) groups is 2. The van der Waals surface area contributed by atoms with Crippen molar-refractivity contribution in [2.45, 2.75) is 64.0 Å². The first-order valence-corrected chi connectivity index (χ1v) is 10.3. The standard InChI is InChI=1S/C23H29N3O4/c1-13-8-9-17-22(21(13)29)30-19(10-23(17,3)25-14(2)27)16-11-26(12-20(24)28)18-7-5-4-6-15(16)18/h4-8,11,17,19,21-22,29H,9-10,12H2,1-3H3,(H2,24,28)(H,25,27)/t17-,19+,21-,22-,23-/m1/s1. The Morgan fingerprint density at radius 2 is 2.10 bits per heavy atom. The Kier molecular flexibility index (Phi) is 5.20. The summed E-state index contributed by atoms with van der Waals surface area (Å²) >= 11 is 0. The molecule has 1 aliphatic heterocycles. The highest BCUT2D eigenvalue weighted by Gasteiger charge is 2.51. The van der Waals surface area contributed by atoms with Gasteiger partial charge in [0.15, 0.2) is 0 Å². The second kappa shape index (κ2) is 7.56. The highest BCUT2D eigenvalue weighted by Crippen LogP contribution is 2.47. The van der Waals surface area contributed by atoms with Crippen LogP contribution in [0.1, 0.15) is 45.3 Å². The first-order chi connectivity index (χ1) is 14.2. The summed E-state index contributed by atoms with van der Waals surface area (Å²) in [5.74, 6) is -0.553. The Bertz CT molecular complexity index is 1030. The molecule has 1 saturated heterocycles. The van der Waals surface area contributed by atoms with Gasteiger partial charge in [-0.1, -0.05) is 24.3 Å². The molecule has 0 unspecified atom stereocenters. The van der Waals surface area contributed by atoms with Crippen LogP contribution >= 0.6 is 0 Å². The van der Waals surface area contributed by atoms with Crippen molar-refractivity contribution in [1.29, 1.82) is 0 Å². The number of nitrogens with two attached hydrogens (primary N) is 1. The van der Waals surface area contributed by atoms with Gasteiger partial charge in [0, 0.05) is 47.5 Å². The summed E-state index contributed by atoms with van der Waals surface area (Å²) in [7, 11) is 0. The molecule has 30 heavy (non-hydrogen) atoms. The van der Waals surface area contributed by atoms with Gasteiger partial charge in [0.25, 0.3) is 0 Å². The molecule has 1 aliphatic carbocycles. The third kappa shape index (κ3) is 3.52. The van der Waals surface area contributed by atoms with Crippen LogP contribution < -0.4 is 11.1 Å². The van der Waals surface area contributed by atoms with Gasteiger partial charge >= 0.3 is 0 Å². The van der Waals surface area contributed by atoms with E-state index in [0.29, 0.717) is 6.42 Å². The molecule has 2 aromatic rings. The summed E-state index contributed by atoms with van der Waals surface area (Å²) in [4.78, 5) is 23.6. The number of allylic oxidation sites excluding steroid dienone is 1. The maximum Gasteiger partial charge on any atom is 0.237 e. The molecule has 5 atom stereocenters. The summed E-state index contributed by atoms with van der Waals surface area (Å²) < 4.78 is 8.32. The number of amides is 2. The average molecular weight is 412 g/mol. The van der Waals surface area contributed by atoms with Gasteiger partial charge in [0.2, 0.25) is 11.8 Å². The van der Waals surface area contributed by atoms with E-state index in [-0.39, 0.29) is 24.5 Å². The molecule has 2 aliphatic rings. The molecular formula is C23H29N3O4. The van der Waals surface area contributed by atoms with Crippen molar-refractivity contribution in [3.8, 4) is 0 Å². The number of fused-ring (bicyclic) bond motifs is 2. The SMILES string of the molecule is CC(=O)N[C@]1(C)C[C@@H](c2cn(CC(N)=O)c3ccccc23)O[C@H]2[C@H](O)C(C)=CC[C@H]21. The minimum atomic E-state index is -0.724. The molecule has 1 aromatic heterocycles. The number of para-hydroxylation sites is 1. The second-order valence-electron chi connectivity index (χ2n) is 8.82. The van der Waals surface area contributed by atoms with Gasteiger partial charge in [0.1, 0.15) is 12.6 Å². The van der Waals surface area contributed by atoms with Gasteiger partial charge in [0.05, 0.1) is 12.2 Å². The molecule has 2 amide bonds. The number of aromatic nitrogens is 1. The minimum absolute atomic E-state index is 0.0321. The van der Waals surface area contributed by atoms with Crippen LogP contribution in [0, 0.1) is 5.92 Å². The fraction of sp³-hybridized carbons (Fsp3) is 0.478. The van der Waals surface area contributed by atoms with Gasteiger partial charge < -0.3 is 25.5 Å². The van der Waals surface area contributed by atoms with E-state index in [2.05, 4.69) is 5.32 Å². The zero-order valence-electron chi connectivity index (χ0n) is 17.6. The van der Waals surface area contributed by atoms with Crippen molar-refractivity contribution < 1.29 is 19.4 Å². The Labute approximate surface area is 175 Å². The van der Waals surface area contributed by atoms with E-state index in [1.54, 1.807) is 0 Å². The predicted octanol–water partition coefficient (Wildman–Crippen LogP) is 2.18. The van der Waals surface area contributed by atoms with E-state index < -0.39 is 23.7 Å². The molecule has 160 valence electrons. The highest BCUT2D eigenvalue weighted by atomic mass is 16.5. The number of nitrogens with zero attached hydrogens (tertiary/aromatic N) is 1. The molecule has 1 aromatic carbocycles. The van der Waals surface area contributed by atoms with Crippen molar-refractivity contribution in [3.05, 3.63) is 47.7 Å². The zero-order valence-corrected chi connectivity index (χ0v) is 17.6. The second-order valence-corrected chi connectivity index (χ2v) is 8.82. The van der Waals surface area contributed by atoms with Crippen molar-refractivity contribution in [1.82, 2.24) is 9.88 Å². The van der Waals surface area contributed by atoms with E-state index in [1.165, 1.54) is 6.92 Å². The molecule has 7 nitrogen and oxygen atoms in total. The van der Waals surface area contributed by atoms with E-state index >= 15 is 0 Å². The number of nitrogens with one attached hydrogen (secondary N) is 1. The number of rotatable bonds is 4. The lowest BCUT2D eigenvalue weighted by atomic mass is 9.68. The van der Waals surface area contributed by atoms with Gasteiger partial charge in [-0.2, -0.15) is 0 Å². The molecule has 0 radical (unpaired) electrons. The molecule has 1 fully saturated rings. The maximum absolute atomic E-state index is 12.0. The monoisotopic (exact) mass is 411 g/mol. The van der Waals surface area contributed by atoms with E-state index in [1.807, 2.05) is 55.0 Å². The fourth-order valence-electron chi connectivity index (χ4n) is 5.17. The first-order valence-electron chi connectivity index (χ1n) is 10.3. The van der Waals surface area contributed by atoms with E-state index in [9.17, 15) is 14.7 Å². The number of primary amides is 1. The Hall–Kier alpha value is -2.64. The van der Waals surface area contributed by atoms with Crippen molar-refractivity contribution in [2.24, 2.45) is 11.7 Å². The largest absolute Gasteiger partial charge is 0.386 e. The molecule has 0 bridgehead atoms. The number of carbonyl (C=O) groups excluding carboxylic acids is 2. The summed E-state index contributed by atoms with van der Waals surface area (Å²) in [5, 5.41) is 15.0. The van der Waals surface area contributed by atoms with Crippen LogP contribution in [-0.2, 0) is 20.9 Å². The van der Waals surface area contributed by atoms with E-state index in [4.69, 9.17) is 10.5 Å². The average Bonchev–Trinajstić information content (AvgIpc) is 3.02. The van der Waals surface area contributed by atoms with Crippen LogP contribution in [0.5, 0.6) is 0 Å². The van der Waals surface area contributed by atoms with Crippen LogP contribution in [-0.4, -0.2) is 39.2 Å². The topological polar surface area (TPSA) is 107 Å². The quantitative estimate of drug-likeness (QED) is 0.671. The van der Waals surface area contributed by atoms with Crippen LogP contribution in [0.15, 0.2) is 42.1 Å². The summed E-state index contributed by atoms with van der Waals surface area (Å²) in [6.07, 6.45) is 3.75. The molecule has 0 spiro atoms. The molecule has 0 saturated carbocycles. The zero-order chi connectivity index (χ0) is 21.6. The number of benzene rings is 1. The summed E-state index contributed by atoms with van der Waals surface area (Å²) in [6, 6.07) is 7.81. The summed E-state index contributed by atoms with van der Waals surface area (Å²) in [6.45, 7) is 5.53. The molecule has 7 heteroatoms. The highest BCUT2D eigenvalue weighted by molar-refractivity contribution is 5.86. The molecule has 4 rings (SSSR count). The first kappa shape index (κ1) is 20.6. The number of hydrogen-bond donors (Lipinski definition) is 3.